The van der Waals surface area contributed by atoms with Crippen LogP contribution in [0.4, 0.5) is 20.5 Å². The molecule has 4 aromatic heterocycles. The van der Waals surface area contributed by atoms with Crippen LogP contribution in [0.3, 0.4) is 0 Å². The Morgan fingerprint density at radius 2 is 1.38 bits per heavy atom. The number of hydrogen-bond acceptors (Lipinski definition) is 14. The quantitative estimate of drug-likeness (QED) is 0.212. The minimum Gasteiger partial charge on any atom is -0.465 e. The fourth-order valence-corrected chi connectivity index (χ4v) is 7.17. The van der Waals surface area contributed by atoms with E-state index in [9.17, 15) is 9.59 Å². The molecular weight excluding hydrogens is 553 g/mol. The normalized spacial score (nSPS) is 11.5. The van der Waals surface area contributed by atoms with Gasteiger partial charge in [-0.2, -0.15) is 0 Å². The van der Waals surface area contributed by atoms with Crippen molar-refractivity contribution >= 4 is 88.0 Å². The number of methoxy groups -OCH3 is 2. The largest absolute Gasteiger partial charge is 0.465 e. The Morgan fingerprint density at radius 3 is 1.92 bits per heavy atom. The Kier molecular flexibility index (Phi) is 6.90. The Morgan fingerprint density at radius 1 is 0.811 bits per heavy atom. The van der Waals surface area contributed by atoms with Crippen molar-refractivity contribution in [3.63, 3.8) is 0 Å². The number of esters is 2. The number of hydrogen-bond donors (Lipinski definition) is 2. The molecule has 0 aliphatic carbocycles. The number of rotatable bonds is 8. The van der Waals surface area contributed by atoms with E-state index in [1.54, 1.807) is 6.20 Å². The molecule has 0 amide bonds. The summed E-state index contributed by atoms with van der Waals surface area (Å²) in [5.74, 6) is -1.07. The van der Waals surface area contributed by atoms with Crippen LogP contribution in [0.2, 0.25) is 0 Å². The molecule has 0 radical (unpaired) electrons. The fraction of sp³-hybridized carbons (Fsp3) is 0.217. The zero-order chi connectivity index (χ0) is 26.2. The van der Waals surface area contributed by atoms with Crippen LogP contribution in [0.1, 0.15) is 44.6 Å². The third-order valence-corrected chi connectivity index (χ3v) is 8.88. The lowest BCUT2D eigenvalue weighted by atomic mass is 9.84. The highest BCUT2D eigenvalue weighted by atomic mass is 32.1. The molecule has 0 saturated heterocycles. The standard InChI is InChI=1S/C23H20N6O4S4/c1-23(2,15-13(17(30)32-3)36-21(26-15)28-19-24-9-10-34-19)16-14(18(31)33-4)37-22(27-16)29-20-25-11-7-5-6-8-12(11)35-20/h5-10H,1-4H3,(H,24,26,28)(H,25,27,29). The van der Waals surface area contributed by atoms with Gasteiger partial charge in [0.05, 0.1) is 41.2 Å². The van der Waals surface area contributed by atoms with Crippen LogP contribution in [0.25, 0.3) is 10.2 Å². The second-order valence-electron chi connectivity index (χ2n) is 8.08. The highest BCUT2D eigenvalue weighted by Gasteiger charge is 2.39. The second kappa shape index (κ2) is 10.1. The lowest BCUT2D eigenvalue weighted by Crippen LogP contribution is -2.25. The van der Waals surface area contributed by atoms with Gasteiger partial charge in [-0.25, -0.2) is 29.5 Å². The average molecular weight is 573 g/mol. The minimum atomic E-state index is -0.962. The number of fused-ring (bicyclic) bond motifs is 1. The molecule has 5 rings (SSSR count). The molecule has 0 aliphatic rings. The lowest BCUT2D eigenvalue weighted by molar-refractivity contribution is 0.0597. The van der Waals surface area contributed by atoms with Crippen molar-refractivity contribution in [2.75, 3.05) is 24.9 Å². The van der Waals surface area contributed by atoms with Gasteiger partial charge in [0, 0.05) is 11.6 Å². The van der Waals surface area contributed by atoms with E-state index >= 15 is 0 Å². The van der Waals surface area contributed by atoms with E-state index < -0.39 is 17.4 Å². The summed E-state index contributed by atoms with van der Waals surface area (Å²) in [6.45, 7) is 3.70. The first-order chi connectivity index (χ1) is 17.8. The average Bonchev–Trinajstić information content (AvgIpc) is 3.69. The van der Waals surface area contributed by atoms with E-state index in [0.29, 0.717) is 41.7 Å². The molecule has 5 aromatic rings. The Bertz CT molecular complexity index is 1550. The van der Waals surface area contributed by atoms with Gasteiger partial charge in [-0.05, 0) is 26.0 Å². The first kappa shape index (κ1) is 25.2. The smallest absolute Gasteiger partial charge is 0.350 e. The SMILES string of the molecule is COC(=O)c1sc(Nc2nccs2)nc1C(C)(C)c1nc(Nc2nc3ccccc3s2)sc1C(=O)OC. The van der Waals surface area contributed by atoms with Crippen LogP contribution in [0, 0.1) is 0 Å². The Labute approximate surface area is 227 Å². The molecule has 4 heterocycles. The van der Waals surface area contributed by atoms with Crippen LogP contribution in [-0.2, 0) is 14.9 Å². The predicted octanol–water partition coefficient (Wildman–Crippen LogP) is 6.05. The molecule has 1 aromatic carbocycles. The summed E-state index contributed by atoms with van der Waals surface area (Å²) in [6.07, 6.45) is 1.67. The summed E-state index contributed by atoms with van der Waals surface area (Å²) in [5, 5.41) is 10.4. The molecule has 0 fully saturated rings. The number of carbonyl (C=O) groups excluding carboxylic acids is 2. The zero-order valence-electron chi connectivity index (χ0n) is 20.0. The number of carbonyl (C=O) groups is 2. The third-order valence-electron chi connectivity index (χ3n) is 5.33. The summed E-state index contributed by atoms with van der Waals surface area (Å²) in [5.41, 5.74) is 0.747. The molecule has 0 spiro atoms. The fourth-order valence-electron chi connectivity index (χ4n) is 3.56. The van der Waals surface area contributed by atoms with Crippen LogP contribution < -0.4 is 10.6 Å². The molecule has 0 bridgehead atoms. The number of anilines is 4. The Hall–Kier alpha value is -3.46. The summed E-state index contributed by atoms with van der Waals surface area (Å²) in [6, 6.07) is 7.80. The highest BCUT2D eigenvalue weighted by molar-refractivity contribution is 7.23. The molecule has 10 nitrogen and oxygen atoms in total. The summed E-state index contributed by atoms with van der Waals surface area (Å²) in [7, 11) is 2.63. The predicted molar refractivity (Wildman–Crippen MR) is 147 cm³/mol. The van der Waals surface area contributed by atoms with Crippen LogP contribution in [-0.4, -0.2) is 46.1 Å². The Balaban J connectivity index is 1.56. The monoisotopic (exact) mass is 572 g/mol. The molecule has 37 heavy (non-hydrogen) atoms. The van der Waals surface area contributed by atoms with Gasteiger partial charge in [-0.1, -0.05) is 46.1 Å². The van der Waals surface area contributed by atoms with Crippen molar-refractivity contribution in [2.45, 2.75) is 19.3 Å². The maximum atomic E-state index is 12.8. The first-order valence-corrected chi connectivity index (χ1v) is 14.1. The van der Waals surface area contributed by atoms with Crippen LogP contribution in [0.5, 0.6) is 0 Å². The van der Waals surface area contributed by atoms with Gasteiger partial charge in [0.15, 0.2) is 20.5 Å². The van der Waals surface area contributed by atoms with Gasteiger partial charge < -0.3 is 20.1 Å². The number of thiazole rings is 4. The highest BCUT2D eigenvalue weighted by Crippen LogP contribution is 2.42. The minimum absolute atomic E-state index is 0.300. The van der Waals surface area contributed by atoms with Gasteiger partial charge in [-0.3, -0.25) is 0 Å². The van der Waals surface area contributed by atoms with Crippen molar-refractivity contribution in [2.24, 2.45) is 0 Å². The lowest BCUT2D eigenvalue weighted by Gasteiger charge is -2.22. The molecule has 2 N–H and O–H groups in total. The van der Waals surface area contributed by atoms with E-state index in [0.717, 1.165) is 32.9 Å². The molecule has 0 unspecified atom stereocenters. The zero-order valence-corrected chi connectivity index (χ0v) is 23.3. The number of benzene rings is 1. The van der Waals surface area contributed by atoms with E-state index in [-0.39, 0.29) is 0 Å². The number of ether oxygens (including phenoxy) is 2. The van der Waals surface area contributed by atoms with Crippen LogP contribution in [0.15, 0.2) is 35.8 Å². The van der Waals surface area contributed by atoms with Crippen molar-refractivity contribution in [1.82, 2.24) is 19.9 Å². The number of nitrogens with zero attached hydrogens (tertiary/aromatic N) is 4. The van der Waals surface area contributed by atoms with E-state index in [1.807, 2.05) is 43.5 Å². The topological polar surface area (TPSA) is 128 Å². The summed E-state index contributed by atoms with van der Waals surface area (Å²) >= 11 is 5.20. The summed E-state index contributed by atoms with van der Waals surface area (Å²) in [4.78, 5) is 44.4. The van der Waals surface area contributed by atoms with Gasteiger partial charge in [0.25, 0.3) is 0 Å². The molecule has 0 saturated carbocycles. The van der Waals surface area contributed by atoms with Crippen LogP contribution >= 0.6 is 45.3 Å². The van der Waals surface area contributed by atoms with Gasteiger partial charge >= 0.3 is 11.9 Å². The molecular formula is C23H20N6O4S4. The van der Waals surface area contributed by atoms with Crippen molar-refractivity contribution in [3.05, 3.63) is 57.0 Å². The molecule has 0 atom stereocenters. The van der Waals surface area contributed by atoms with E-state index in [2.05, 4.69) is 20.6 Å². The van der Waals surface area contributed by atoms with Gasteiger partial charge in [0.2, 0.25) is 0 Å². The first-order valence-electron chi connectivity index (χ1n) is 10.8. The summed E-state index contributed by atoms with van der Waals surface area (Å²) < 4.78 is 11.1. The molecule has 190 valence electrons. The molecule has 0 aliphatic heterocycles. The maximum Gasteiger partial charge on any atom is 0.350 e. The second-order valence-corrected chi connectivity index (χ2v) is 12.0. The van der Waals surface area contributed by atoms with E-state index in [1.165, 1.54) is 36.9 Å². The number of nitrogens with one attached hydrogen (secondary N) is 2. The molecule has 14 heteroatoms. The third kappa shape index (κ3) is 4.92. The number of para-hydroxylation sites is 1. The maximum absolute atomic E-state index is 12.8. The number of aromatic nitrogens is 4. The van der Waals surface area contributed by atoms with Crippen molar-refractivity contribution < 1.29 is 19.1 Å². The van der Waals surface area contributed by atoms with Gasteiger partial charge in [-0.15, -0.1) is 11.3 Å². The van der Waals surface area contributed by atoms with Crippen molar-refractivity contribution in [3.8, 4) is 0 Å². The van der Waals surface area contributed by atoms with E-state index in [4.69, 9.17) is 19.4 Å². The van der Waals surface area contributed by atoms with Crippen molar-refractivity contribution in [1.29, 1.82) is 0 Å². The van der Waals surface area contributed by atoms with Gasteiger partial charge in [0.1, 0.15) is 9.75 Å².